The van der Waals surface area contributed by atoms with Gasteiger partial charge in [-0.05, 0) is 26.3 Å². The predicted octanol–water partition coefficient (Wildman–Crippen LogP) is -0.139. The van der Waals surface area contributed by atoms with Gasteiger partial charge in [0, 0.05) is 0 Å². The van der Waals surface area contributed by atoms with Gasteiger partial charge in [-0.2, -0.15) is 0 Å². The molecule has 3 heteroatoms. The van der Waals surface area contributed by atoms with Crippen LogP contribution in [0.1, 0.15) is 20.3 Å². The third kappa shape index (κ3) is 2.37. The van der Waals surface area contributed by atoms with Crippen LogP contribution in [-0.4, -0.2) is 31.5 Å². The molecule has 2 radical (unpaired) electrons. The van der Waals surface area contributed by atoms with E-state index >= 15 is 0 Å². The minimum atomic E-state index is -0.783. The standard InChI is InChI=1S/C6H14BNO/c1-4-6(2,9)5(7)8-3/h5,8-9H,4H2,1-3H3. The Hall–Kier alpha value is -0.0151. The highest BCUT2D eigenvalue weighted by Gasteiger charge is 2.23. The van der Waals surface area contributed by atoms with Gasteiger partial charge in [0.2, 0.25) is 0 Å². The SMILES string of the molecule is [B]C(NC)C(C)(O)CC. The molecule has 2 atom stereocenters. The molecule has 0 aliphatic rings. The Kier molecular flexibility index (Phi) is 3.22. The minimum Gasteiger partial charge on any atom is -0.389 e. The number of hydrogen-bond acceptors (Lipinski definition) is 2. The van der Waals surface area contributed by atoms with Gasteiger partial charge >= 0.3 is 0 Å². The van der Waals surface area contributed by atoms with Gasteiger partial charge in [-0.15, -0.1) is 0 Å². The van der Waals surface area contributed by atoms with Crippen molar-refractivity contribution in [1.82, 2.24) is 5.32 Å². The number of likely N-dealkylation sites (N-methyl/N-ethyl adjacent to an activating group) is 1. The first-order valence-electron chi connectivity index (χ1n) is 3.19. The molecular weight excluding hydrogens is 113 g/mol. The molecule has 0 heterocycles. The van der Waals surface area contributed by atoms with E-state index in [1.165, 1.54) is 0 Å². The van der Waals surface area contributed by atoms with Crippen molar-refractivity contribution in [3.05, 3.63) is 0 Å². The van der Waals surface area contributed by atoms with E-state index in [0.717, 1.165) is 0 Å². The Morgan fingerprint density at radius 2 is 2.22 bits per heavy atom. The summed E-state index contributed by atoms with van der Waals surface area (Å²) in [5.74, 6) is -0.331. The molecule has 9 heavy (non-hydrogen) atoms. The summed E-state index contributed by atoms with van der Waals surface area (Å²) in [7, 11) is 7.23. The van der Waals surface area contributed by atoms with Crippen LogP contribution in [0.4, 0.5) is 0 Å². The Balaban J connectivity index is 3.80. The topological polar surface area (TPSA) is 32.3 Å². The lowest BCUT2D eigenvalue weighted by Gasteiger charge is -2.28. The van der Waals surface area contributed by atoms with E-state index in [4.69, 9.17) is 7.85 Å². The fraction of sp³-hybridized carbons (Fsp3) is 1.00. The summed E-state index contributed by atoms with van der Waals surface area (Å²) < 4.78 is 0. The lowest BCUT2D eigenvalue weighted by molar-refractivity contribution is 0.0441. The van der Waals surface area contributed by atoms with E-state index in [-0.39, 0.29) is 5.94 Å². The van der Waals surface area contributed by atoms with E-state index in [1.807, 2.05) is 6.92 Å². The summed E-state index contributed by atoms with van der Waals surface area (Å²) in [5, 5.41) is 12.2. The van der Waals surface area contributed by atoms with Crippen LogP contribution in [0.15, 0.2) is 0 Å². The van der Waals surface area contributed by atoms with Crippen LogP contribution in [-0.2, 0) is 0 Å². The zero-order chi connectivity index (χ0) is 7.49. The van der Waals surface area contributed by atoms with Gasteiger partial charge in [-0.3, -0.25) is 0 Å². The summed E-state index contributed by atoms with van der Waals surface area (Å²) in [5.41, 5.74) is -0.783. The normalized spacial score (nSPS) is 20.9. The highest BCUT2D eigenvalue weighted by Crippen LogP contribution is 2.10. The van der Waals surface area contributed by atoms with Crippen molar-refractivity contribution >= 4 is 7.85 Å². The van der Waals surface area contributed by atoms with Crippen LogP contribution in [0.2, 0.25) is 0 Å². The van der Waals surface area contributed by atoms with Crippen LogP contribution in [0.5, 0.6) is 0 Å². The second-order valence-corrected chi connectivity index (χ2v) is 2.48. The molecule has 2 unspecified atom stereocenters. The first-order chi connectivity index (χ1) is 4.04. The van der Waals surface area contributed by atoms with Crippen molar-refractivity contribution in [2.75, 3.05) is 7.05 Å². The molecule has 0 rings (SSSR count). The van der Waals surface area contributed by atoms with E-state index in [1.54, 1.807) is 14.0 Å². The molecule has 0 bridgehead atoms. The van der Waals surface area contributed by atoms with Gasteiger partial charge in [-0.1, -0.05) is 6.92 Å². The van der Waals surface area contributed by atoms with Crippen LogP contribution < -0.4 is 5.32 Å². The van der Waals surface area contributed by atoms with E-state index in [0.29, 0.717) is 6.42 Å². The molecule has 0 aromatic heterocycles. The molecule has 2 nitrogen and oxygen atoms in total. The summed E-state index contributed by atoms with van der Waals surface area (Å²) in [4.78, 5) is 0. The molecule has 0 aliphatic carbocycles. The van der Waals surface area contributed by atoms with E-state index in [9.17, 15) is 5.11 Å². The second kappa shape index (κ2) is 3.23. The molecule has 0 fully saturated rings. The summed E-state index contributed by atoms with van der Waals surface area (Å²) in [6, 6.07) is 0. The Labute approximate surface area is 58.1 Å². The van der Waals surface area contributed by atoms with Crippen molar-refractivity contribution in [1.29, 1.82) is 0 Å². The fourth-order valence-electron chi connectivity index (χ4n) is 0.531. The van der Waals surface area contributed by atoms with E-state index < -0.39 is 5.60 Å². The van der Waals surface area contributed by atoms with E-state index in [2.05, 4.69) is 5.32 Å². The maximum absolute atomic E-state index is 9.40. The fourth-order valence-corrected chi connectivity index (χ4v) is 0.531. The highest BCUT2D eigenvalue weighted by molar-refractivity contribution is 6.12. The van der Waals surface area contributed by atoms with Crippen LogP contribution in [0, 0.1) is 0 Å². The van der Waals surface area contributed by atoms with Crippen molar-refractivity contribution in [2.24, 2.45) is 0 Å². The summed E-state index contributed by atoms with van der Waals surface area (Å²) in [6.45, 7) is 3.62. The first-order valence-corrected chi connectivity index (χ1v) is 3.19. The monoisotopic (exact) mass is 127 g/mol. The van der Waals surface area contributed by atoms with Crippen molar-refractivity contribution in [3.8, 4) is 0 Å². The van der Waals surface area contributed by atoms with Crippen molar-refractivity contribution in [2.45, 2.75) is 31.8 Å². The molecule has 0 saturated heterocycles. The molecule has 0 aliphatic heterocycles. The van der Waals surface area contributed by atoms with Gasteiger partial charge in [0.1, 0.15) is 0 Å². The van der Waals surface area contributed by atoms with Crippen molar-refractivity contribution < 1.29 is 5.11 Å². The van der Waals surface area contributed by atoms with Gasteiger partial charge in [-0.25, -0.2) is 0 Å². The van der Waals surface area contributed by atoms with Crippen molar-refractivity contribution in [3.63, 3.8) is 0 Å². The molecular formula is C6H14BNO. The molecule has 0 spiro atoms. The number of rotatable bonds is 3. The Morgan fingerprint density at radius 3 is 2.33 bits per heavy atom. The third-order valence-electron chi connectivity index (χ3n) is 1.70. The van der Waals surface area contributed by atoms with Crippen LogP contribution >= 0.6 is 0 Å². The van der Waals surface area contributed by atoms with Gasteiger partial charge < -0.3 is 10.4 Å². The van der Waals surface area contributed by atoms with Gasteiger partial charge in [0.25, 0.3) is 0 Å². The maximum Gasteiger partial charge on any atom is 0.0946 e. The molecule has 2 N–H and O–H groups in total. The summed E-state index contributed by atoms with van der Waals surface area (Å²) in [6.07, 6.45) is 0.662. The molecule has 0 aromatic rings. The van der Waals surface area contributed by atoms with Crippen LogP contribution in [0.3, 0.4) is 0 Å². The Bertz CT molecular complexity index is 85.1. The predicted molar refractivity (Wildman–Crippen MR) is 39.5 cm³/mol. The smallest absolute Gasteiger partial charge is 0.0946 e. The maximum atomic E-state index is 9.40. The number of hydrogen-bond donors (Lipinski definition) is 2. The Morgan fingerprint density at radius 1 is 1.78 bits per heavy atom. The average Bonchev–Trinajstić information content (AvgIpc) is 1.86. The second-order valence-electron chi connectivity index (χ2n) is 2.48. The van der Waals surface area contributed by atoms with Gasteiger partial charge in [0.15, 0.2) is 0 Å². The number of nitrogens with one attached hydrogen (secondary N) is 1. The molecule has 52 valence electrons. The minimum absolute atomic E-state index is 0.331. The van der Waals surface area contributed by atoms with Crippen LogP contribution in [0.25, 0.3) is 0 Å². The quantitative estimate of drug-likeness (QED) is 0.517. The molecule has 0 amide bonds. The molecule has 0 saturated carbocycles. The zero-order valence-electron chi connectivity index (χ0n) is 6.31. The first kappa shape index (κ1) is 8.98. The lowest BCUT2D eigenvalue weighted by Crippen LogP contribution is -2.47. The van der Waals surface area contributed by atoms with Gasteiger partial charge in [0.05, 0.1) is 13.4 Å². The number of aliphatic hydroxyl groups is 1. The largest absolute Gasteiger partial charge is 0.389 e. The third-order valence-corrected chi connectivity index (χ3v) is 1.70. The average molecular weight is 127 g/mol. The molecule has 0 aromatic carbocycles. The highest BCUT2D eigenvalue weighted by atomic mass is 16.3. The lowest BCUT2D eigenvalue weighted by atomic mass is 9.80. The summed E-state index contributed by atoms with van der Waals surface area (Å²) >= 11 is 0. The zero-order valence-corrected chi connectivity index (χ0v) is 6.31.